The maximum absolute atomic E-state index is 12.5. The molecule has 1 aliphatic heterocycles. The van der Waals surface area contributed by atoms with Crippen LogP contribution >= 0.6 is 0 Å². The third kappa shape index (κ3) is 3.10. The summed E-state index contributed by atoms with van der Waals surface area (Å²) in [4.78, 5) is 19.3. The highest BCUT2D eigenvalue weighted by Gasteiger charge is 2.35. The molecule has 2 aliphatic rings. The molecule has 1 aromatic rings. The maximum Gasteiger partial charge on any atom is 0.226 e. The van der Waals surface area contributed by atoms with Crippen molar-refractivity contribution in [2.75, 3.05) is 20.1 Å². The van der Waals surface area contributed by atoms with E-state index in [-0.39, 0.29) is 11.3 Å². The minimum Gasteiger partial charge on any atom is -0.351 e. The summed E-state index contributed by atoms with van der Waals surface area (Å²) in [6.07, 6.45) is 7.25. The number of aromatic nitrogens is 1. The van der Waals surface area contributed by atoms with Crippen LogP contribution in [0.3, 0.4) is 0 Å². The third-order valence-corrected chi connectivity index (χ3v) is 5.07. The summed E-state index contributed by atoms with van der Waals surface area (Å²) < 4.78 is 0. The number of carbonyl (C=O) groups excluding carboxylic acids is 1. The van der Waals surface area contributed by atoms with Gasteiger partial charge in [0.2, 0.25) is 5.91 Å². The summed E-state index contributed by atoms with van der Waals surface area (Å²) in [6, 6.07) is 2.21. The van der Waals surface area contributed by atoms with E-state index in [0.717, 1.165) is 44.3 Å². The highest BCUT2D eigenvalue weighted by molar-refractivity contribution is 5.82. The number of hydrogen-bond acceptors (Lipinski definition) is 3. The molecule has 114 valence electrons. The molecule has 0 aromatic carbocycles. The first-order chi connectivity index (χ1) is 10.1. The van der Waals surface area contributed by atoms with Crippen molar-refractivity contribution in [3.8, 4) is 0 Å². The quantitative estimate of drug-likeness (QED) is 0.924. The molecule has 1 saturated heterocycles. The lowest BCUT2D eigenvalue weighted by Gasteiger charge is -2.36. The largest absolute Gasteiger partial charge is 0.351 e. The van der Waals surface area contributed by atoms with E-state index in [1.807, 2.05) is 6.20 Å². The summed E-state index contributed by atoms with van der Waals surface area (Å²) in [6.45, 7) is 4.70. The summed E-state index contributed by atoms with van der Waals surface area (Å²) >= 11 is 0. The monoisotopic (exact) mass is 287 g/mol. The number of nitrogens with zero attached hydrogens (tertiary/aromatic N) is 2. The van der Waals surface area contributed by atoms with Crippen LogP contribution in [0.5, 0.6) is 0 Å². The number of aryl methyl sites for hydroxylation is 2. The molecule has 0 saturated carbocycles. The van der Waals surface area contributed by atoms with Gasteiger partial charge in [0.05, 0.1) is 0 Å². The average Bonchev–Trinajstić information content (AvgIpc) is 2.95. The fraction of sp³-hybridized carbons (Fsp3) is 0.647. The fourth-order valence-electron chi connectivity index (χ4n) is 3.31. The van der Waals surface area contributed by atoms with Gasteiger partial charge in [-0.2, -0.15) is 0 Å². The first kappa shape index (κ1) is 14.5. The Hall–Kier alpha value is -1.42. The van der Waals surface area contributed by atoms with Gasteiger partial charge in [0.25, 0.3) is 0 Å². The number of rotatable bonds is 3. The van der Waals surface area contributed by atoms with Crippen molar-refractivity contribution < 1.29 is 4.79 Å². The molecular formula is C17H25N3O. The highest BCUT2D eigenvalue weighted by atomic mass is 16.2. The number of amides is 1. The van der Waals surface area contributed by atoms with E-state index in [0.29, 0.717) is 6.54 Å². The van der Waals surface area contributed by atoms with E-state index in [2.05, 4.69) is 35.2 Å². The van der Waals surface area contributed by atoms with Crippen molar-refractivity contribution in [3.05, 3.63) is 29.1 Å². The lowest BCUT2D eigenvalue weighted by Crippen LogP contribution is -2.46. The van der Waals surface area contributed by atoms with Crippen LogP contribution in [0.25, 0.3) is 0 Å². The molecule has 0 bridgehead atoms. The smallest absolute Gasteiger partial charge is 0.226 e. The van der Waals surface area contributed by atoms with Crippen LogP contribution in [0.4, 0.5) is 0 Å². The van der Waals surface area contributed by atoms with Gasteiger partial charge in [-0.15, -0.1) is 0 Å². The molecule has 0 unspecified atom stereocenters. The van der Waals surface area contributed by atoms with Crippen LogP contribution in [0.2, 0.25) is 0 Å². The molecule has 4 heteroatoms. The van der Waals surface area contributed by atoms with Crippen LogP contribution in [0, 0.1) is 5.41 Å². The molecule has 1 N–H and O–H groups in total. The Kier molecular flexibility index (Phi) is 3.98. The zero-order valence-corrected chi connectivity index (χ0v) is 13.1. The highest BCUT2D eigenvalue weighted by Crippen LogP contribution is 2.30. The Labute approximate surface area is 126 Å². The second kappa shape index (κ2) is 5.76. The molecule has 3 rings (SSSR count). The molecule has 21 heavy (non-hydrogen) atoms. The van der Waals surface area contributed by atoms with Gasteiger partial charge >= 0.3 is 0 Å². The third-order valence-electron chi connectivity index (χ3n) is 5.07. The predicted octanol–water partition coefficient (Wildman–Crippen LogP) is 1.92. The molecule has 1 aliphatic carbocycles. The minimum atomic E-state index is -0.212. The van der Waals surface area contributed by atoms with Gasteiger partial charge in [-0.25, -0.2) is 0 Å². The Morgan fingerprint density at radius 2 is 2.14 bits per heavy atom. The number of likely N-dealkylation sites (tertiary alicyclic amines) is 1. The van der Waals surface area contributed by atoms with Crippen molar-refractivity contribution in [3.63, 3.8) is 0 Å². The van der Waals surface area contributed by atoms with E-state index >= 15 is 0 Å². The molecule has 2 heterocycles. The molecule has 1 fully saturated rings. The molecule has 0 radical (unpaired) electrons. The van der Waals surface area contributed by atoms with Crippen LogP contribution < -0.4 is 5.32 Å². The van der Waals surface area contributed by atoms with Crippen molar-refractivity contribution >= 4 is 5.91 Å². The maximum atomic E-state index is 12.5. The number of carbonyl (C=O) groups is 1. The number of fused-ring (bicyclic) bond motifs is 1. The molecule has 0 spiro atoms. The van der Waals surface area contributed by atoms with Gasteiger partial charge in [-0.05, 0) is 63.4 Å². The van der Waals surface area contributed by atoms with Crippen LogP contribution in [0.1, 0.15) is 43.0 Å². The second-order valence-electron chi connectivity index (χ2n) is 6.85. The lowest BCUT2D eigenvalue weighted by atomic mass is 9.79. The predicted molar refractivity (Wildman–Crippen MR) is 82.9 cm³/mol. The van der Waals surface area contributed by atoms with Crippen molar-refractivity contribution in [1.82, 2.24) is 15.2 Å². The van der Waals surface area contributed by atoms with Gasteiger partial charge in [0.1, 0.15) is 0 Å². The fourth-order valence-corrected chi connectivity index (χ4v) is 3.31. The van der Waals surface area contributed by atoms with Crippen LogP contribution in [-0.4, -0.2) is 35.9 Å². The van der Waals surface area contributed by atoms with E-state index < -0.39 is 0 Å². The zero-order valence-electron chi connectivity index (χ0n) is 13.1. The summed E-state index contributed by atoms with van der Waals surface area (Å²) in [7, 11) is 2.12. The Morgan fingerprint density at radius 3 is 2.90 bits per heavy atom. The number of nitrogens with one attached hydrogen (secondary N) is 1. The topological polar surface area (TPSA) is 45.2 Å². The summed E-state index contributed by atoms with van der Waals surface area (Å²) in [5.41, 5.74) is 3.52. The summed E-state index contributed by atoms with van der Waals surface area (Å²) in [5.74, 6) is 0.191. The van der Waals surface area contributed by atoms with E-state index in [9.17, 15) is 4.79 Å². The van der Waals surface area contributed by atoms with Gasteiger partial charge in [0.15, 0.2) is 0 Å². The van der Waals surface area contributed by atoms with Gasteiger partial charge in [-0.3, -0.25) is 9.78 Å². The number of hydrogen-bond donors (Lipinski definition) is 1. The number of pyridine rings is 1. The lowest BCUT2D eigenvalue weighted by molar-refractivity contribution is -0.132. The number of piperidine rings is 1. The normalized spacial score (nSPS) is 21.0. The first-order valence-electron chi connectivity index (χ1n) is 8.00. The first-order valence-corrected chi connectivity index (χ1v) is 8.00. The Balaban J connectivity index is 1.58. The van der Waals surface area contributed by atoms with E-state index in [4.69, 9.17) is 0 Å². The van der Waals surface area contributed by atoms with E-state index in [1.165, 1.54) is 17.7 Å². The van der Waals surface area contributed by atoms with Gasteiger partial charge < -0.3 is 10.2 Å². The van der Waals surface area contributed by atoms with Crippen LogP contribution in [-0.2, 0) is 24.2 Å². The second-order valence-corrected chi connectivity index (χ2v) is 6.85. The van der Waals surface area contributed by atoms with Crippen LogP contribution in [0.15, 0.2) is 12.3 Å². The standard InChI is InChI=1S/C17H25N3O/c1-17(6-8-20(2)9-7-17)16(21)19-12-13-10-14-4-3-5-15(14)18-11-13/h10-11H,3-9,12H2,1-2H3,(H,19,21). The molecule has 1 aromatic heterocycles. The summed E-state index contributed by atoms with van der Waals surface area (Å²) in [5, 5.41) is 3.12. The minimum absolute atomic E-state index is 0.191. The zero-order chi connectivity index (χ0) is 14.9. The Bertz CT molecular complexity index is 533. The van der Waals surface area contributed by atoms with Crippen molar-refractivity contribution in [2.45, 2.75) is 45.6 Å². The molecule has 0 atom stereocenters. The van der Waals surface area contributed by atoms with Gasteiger partial charge in [0, 0.05) is 23.9 Å². The van der Waals surface area contributed by atoms with Crippen molar-refractivity contribution in [1.29, 1.82) is 0 Å². The molecular weight excluding hydrogens is 262 g/mol. The average molecular weight is 287 g/mol. The molecule has 1 amide bonds. The van der Waals surface area contributed by atoms with E-state index in [1.54, 1.807) is 0 Å². The van der Waals surface area contributed by atoms with Crippen molar-refractivity contribution in [2.24, 2.45) is 5.41 Å². The van der Waals surface area contributed by atoms with Gasteiger partial charge in [-0.1, -0.05) is 13.0 Å². The molecule has 4 nitrogen and oxygen atoms in total. The SMILES string of the molecule is CN1CCC(C)(C(=O)NCc2cnc3c(c2)CCC3)CC1. The Morgan fingerprint density at radius 1 is 1.38 bits per heavy atom.